The molecule has 4 aromatic rings. The molecule has 9 heteroatoms. The van der Waals surface area contributed by atoms with Crippen molar-refractivity contribution in [3.63, 3.8) is 0 Å². The summed E-state index contributed by atoms with van der Waals surface area (Å²) in [5.41, 5.74) is 1.15. The Balaban J connectivity index is 1.66. The minimum Gasteiger partial charge on any atom is -0.346 e. The van der Waals surface area contributed by atoms with Gasteiger partial charge in [0.2, 0.25) is 0 Å². The molecule has 0 saturated heterocycles. The van der Waals surface area contributed by atoms with E-state index < -0.39 is 23.4 Å². The lowest BCUT2D eigenvalue weighted by Crippen LogP contribution is -2.24. The van der Waals surface area contributed by atoms with Gasteiger partial charge in [-0.15, -0.1) is 0 Å². The molecular formula is C21H14F3N5O. The summed E-state index contributed by atoms with van der Waals surface area (Å²) in [5.74, 6) is -2.38. The molecule has 4 rings (SSSR count). The first-order chi connectivity index (χ1) is 14.5. The number of amides is 1. The molecule has 3 heterocycles. The van der Waals surface area contributed by atoms with Gasteiger partial charge in [0.1, 0.15) is 23.1 Å². The van der Waals surface area contributed by atoms with E-state index >= 15 is 0 Å². The van der Waals surface area contributed by atoms with Gasteiger partial charge in [-0.3, -0.25) is 9.78 Å². The van der Waals surface area contributed by atoms with Gasteiger partial charge in [0.25, 0.3) is 5.91 Å². The molecule has 1 N–H and O–H groups in total. The SMILES string of the molecule is O=C(NCc1ncc(F)cc1F)c1cn(-c2ccc(F)cn2)nc1-c1ccccc1. The third kappa shape index (κ3) is 4.04. The smallest absolute Gasteiger partial charge is 0.255 e. The van der Waals surface area contributed by atoms with Gasteiger partial charge in [-0.05, 0) is 12.1 Å². The van der Waals surface area contributed by atoms with E-state index in [2.05, 4.69) is 20.4 Å². The highest BCUT2D eigenvalue weighted by Gasteiger charge is 2.19. The second kappa shape index (κ2) is 8.16. The number of rotatable bonds is 5. The predicted molar refractivity (Wildman–Crippen MR) is 102 cm³/mol. The molecular weight excluding hydrogens is 395 g/mol. The fourth-order valence-electron chi connectivity index (χ4n) is 2.80. The largest absolute Gasteiger partial charge is 0.346 e. The first-order valence-electron chi connectivity index (χ1n) is 8.86. The van der Waals surface area contributed by atoms with Gasteiger partial charge in [0.05, 0.1) is 30.2 Å². The average Bonchev–Trinajstić information content (AvgIpc) is 3.20. The summed E-state index contributed by atoms with van der Waals surface area (Å²) in [7, 11) is 0. The fraction of sp³-hybridized carbons (Fsp3) is 0.0476. The lowest BCUT2D eigenvalue weighted by Gasteiger charge is -2.06. The van der Waals surface area contributed by atoms with Crippen LogP contribution in [0.25, 0.3) is 17.1 Å². The molecule has 0 atom stereocenters. The van der Waals surface area contributed by atoms with Crippen LogP contribution >= 0.6 is 0 Å². The van der Waals surface area contributed by atoms with Crippen LogP contribution in [0.5, 0.6) is 0 Å². The highest BCUT2D eigenvalue weighted by molar-refractivity contribution is 5.99. The minimum absolute atomic E-state index is 0.0985. The Labute approximate surface area is 169 Å². The number of halogens is 3. The number of aromatic nitrogens is 4. The fourth-order valence-corrected chi connectivity index (χ4v) is 2.80. The van der Waals surface area contributed by atoms with Crippen LogP contribution in [-0.2, 0) is 6.54 Å². The summed E-state index contributed by atoms with van der Waals surface area (Å²) in [5, 5.41) is 6.98. The molecule has 1 aromatic carbocycles. The van der Waals surface area contributed by atoms with Crippen LogP contribution in [0.3, 0.4) is 0 Å². The third-order valence-corrected chi connectivity index (χ3v) is 4.25. The van der Waals surface area contributed by atoms with Crippen molar-refractivity contribution in [1.82, 2.24) is 25.1 Å². The maximum Gasteiger partial charge on any atom is 0.255 e. The van der Waals surface area contributed by atoms with Gasteiger partial charge in [-0.1, -0.05) is 30.3 Å². The molecule has 0 bridgehead atoms. The Kier molecular flexibility index (Phi) is 5.25. The van der Waals surface area contributed by atoms with Crippen LogP contribution in [0.15, 0.2) is 67.1 Å². The van der Waals surface area contributed by atoms with E-state index in [-0.39, 0.29) is 17.8 Å². The first kappa shape index (κ1) is 19.3. The summed E-state index contributed by atoms with van der Waals surface area (Å²) in [6, 6.07) is 12.3. The Morgan fingerprint density at radius 2 is 1.73 bits per heavy atom. The second-order valence-electron chi connectivity index (χ2n) is 6.30. The number of nitrogens with one attached hydrogen (secondary N) is 1. The van der Waals surface area contributed by atoms with E-state index in [4.69, 9.17) is 0 Å². The van der Waals surface area contributed by atoms with Crippen molar-refractivity contribution >= 4 is 5.91 Å². The molecule has 0 aliphatic carbocycles. The van der Waals surface area contributed by atoms with Crippen molar-refractivity contribution in [2.75, 3.05) is 0 Å². The number of hydrogen-bond acceptors (Lipinski definition) is 4. The highest BCUT2D eigenvalue weighted by atomic mass is 19.1. The molecule has 150 valence electrons. The van der Waals surface area contributed by atoms with E-state index in [1.54, 1.807) is 24.3 Å². The highest BCUT2D eigenvalue weighted by Crippen LogP contribution is 2.23. The number of nitrogens with zero attached hydrogens (tertiary/aromatic N) is 4. The molecule has 6 nitrogen and oxygen atoms in total. The summed E-state index contributed by atoms with van der Waals surface area (Å²) >= 11 is 0. The Hall–Kier alpha value is -4.01. The molecule has 1 amide bonds. The van der Waals surface area contributed by atoms with E-state index in [1.165, 1.54) is 23.0 Å². The van der Waals surface area contributed by atoms with Crippen LogP contribution in [0, 0.1) is 17.5 Å². The molecule has 0 saturated carbocycles. The van der Waals surface area contributed by atoms with Crippen LogP contribution in [0.1, 0.15) is 16.1 Å². The molecule has 0 unspecified atom stereocenters. The minimum atomic E-state index is -0.857. The number of hydrogen-bond donors (Lipinski definition) is 1. The lowest BCUT2D eigenvalue weighted by molar-refractivity contribution is 0.0950. The first-order valence-corrected chi connectivity index (χ1v) is 8.86. The second-order valence-corrected chi connectivity index (χ2v) is 6.30. The van der Waals surface area contributed by atoms with Crippen molar-refractivity contribution in [1.29, 1.82) is 0 Å². The van der Waals surface area contributed by atoms with Crippen molar-refractivity contribution in [2.24, 2.45) is 0 Å². The molecule has 0 fully saturated rings. The van der Waals surface area contributed by atoms with Crippen molar-refractivity contribution < 1.29 is 18.0 Å². The standard InChI is InChI=1S/C21H14F3N5O/c22-14-6-7-19(26-9-14)29-12-16(20(28-29)13-4-2-1-3-5-13)21(30)27-11-18-17(24)8-15(23)10-25-18/h1-10,12H,11H2,(H,27,30). The van der Waals surface area contributed by atoms with E-state index in [0.717, 1.165) is 12.4 Å². The molecule has 30 heavy (non-hydrogen) atoms. The zero-order valence-electron chi connectivity index (χ0n) is 15.4. The Bertz CT molecular complexity index is 1190. The van der Waals surface area contributed by atoms with Gasteiger partial charge in [-0.25, -0.2) is 22.8 Å². The zero-order valence-corrected chi connectivity index (χ0v) is 15.4. The van der Waals surface area contributed by atoms with Crippen molar-refractivity contribution in [2.45, 2.75) is 6.54 Å². The quantitative estimate of drug-likeness (QED) is 0.546. The monoisotopic (exact) mass is 409 g/mol. The van der Waals surface area contributed by atoms with E-state index in [1.807, 2.05) is 6.07 Å². The van der Waals surface area contributed by atoms with Gasteiger partial charge >= 0.3 is 0 Å². The van der Waals surface area contributed by atoms with Gasteiger partial charge < -0.3 is 5.32 Å². The molecule has 0 aliphatic rings. The van der Waals surface area contributed by atoms with Crippen LogP contribution < -0.4 is 5.32 Å². The predicted octanol–water partition coefficient (Wildman–Crippen LogP) is 3.68. The van der Waals surface area contributed by atoms with Crippen LogP contribution in [0.2, 0.25) is 0 Å². The number of benzene rings is 1. The molecule has 0 aliphatic heterocycles. The van der Waals surface area contributed by atoms with Crippen molar-refractivity contribution in [3.8, 4) is 17.1 Å². The van der Waals surface area contributed by atoms with E-state index in [9.17, 15) is 18.0 Å². The van der Waals surface area contributed by atoms with Gasteiger partial charge in [0, 0.05) is 17.8 Å². The number of carbonyl (C=O) groups is 1. The average molecular weight is 409 g/mol. The number of pyridine rings is 2. The molecule has 0 radical (unpaired) electrons. The third-order valence-electron chi connectivity index (χ3n) is 4.25. The molecule has 0 spiro atoms. The van der Waals surface area contributed by atoms with Gasteiger partial charge in [0.15, 0.2) is 5.82 Å². The van der Waals surface area contributed by atoms with Crippen LogP contribution in [-0.4, -0.2) is 25.7 Å². The van der Waals surface area contributed by atoms with E-state index in [0.29, 0.717) is 23.1 Å². The zero-order chi connectivity index (χ0) is 21.1. The maximum absolute atomic E-state index is 13.8. The molecule has 3 aromatic heterocycles. The Morgan fingerprint density at radius 3 is 2.43 bits per heavy atom. The topological polar surface area (TPSA) is 72.7 Å². The maximum atomic E-state index is 13.8. The van der Waals surface area contributed by atoms with Crippen LogP contribution in [0.4, 0.5) is 13.2 Å². The summed E-state index contributed by atoms with van der Waals surface area (Å²) in [6.07, 6.45) is 3.37. The van der Waals surface area contributed by atoms with Gasteiger partial charge in [-0.2, -0.15) is 5.10 Å². The number of carbonyl (C=O) groups excluding carboxylic acids is 1. The Morgan fingerprint density at radius 1 is 0.967 bits per heavy atom. The van der Waals surface area contributed by atoms with Crippen molar-refractivity contribution in [3.05, 3.63) is 95.8 Å². The normalized spacial score (nSPS) is 10.8. The summed E-state index contributed by atoms with van der Waals surface area (Å²) in [4.78, 5) is 20.4. The summed E-state index contributed by atoms with van der Waals surface area (Å²) in [6.45, 7) is -0.237. The summed E-state index contributed by atoms with van der Waals surface area (Å²) < 4.78 is 41.3. The lowest BCUT2D eigenvalue weighted by atomic mass is 10.1.